The van der Waals surface area contributed by atoms with Gasteiger partial charge in [0.05, 0.1) is 38.9 Å². The van der Waals surface area contributed by atoms with Crippen LogP contribution >= 0.6 is 0 Å². The van der Waals surface area contributed by atoms with Crippen LogP contribution in [0.4, 0.5) is 34.1 Å². The van der Waals surface area contributed by atoms with Crippen molar-refractivity contribution < 1.29 is 0 Å². The summed E-state index contributed by atoms with van der Waals surface area (Å²) in [6.07, 6.45) is 0. The van der Waals surface area contributed by atoms with E-state index in [0.29, 0.717) is 0 Å². The molecule has 2 nitrogen and oxygen atoms in total. The average Bonchev–Trinajstić information content (AvgIpc) is 3.39. The van der Waals surface area contributed by atoms with E-state index in [1.807, 2.05) is 0 Å². The largest absolute Gasteiger partial charge is 0.309 e. The molecule has 12 aromatic carbocycles. The highest BCUT2D eigenvalue weighted by Gasteiger charge is 2.28. The average molecular weight is 933 g/mol. The van der Waals surface area contributed by atoms with Gasteiger partial charge < -0.3 is 9.80 Å². The molecular formula is C66H56N2Si2. The zero-order valence-corrected chi connectivity index (χ0v) is 42.8. The minimum atomic E-state index is -1.58. The van der Waals surface area contributed by atoms with Gasteiger partial charge in [-0.2, -0.15) is 0 Å². The summed E-state index contributed by atoms with van der Waals surface area (Å²) in [4.78, 5) is 5.08. The maximum Gasteiger partial charge on any atom is 0.0775 e. The van der Waals surface area contributed by atoms with Crippen molar-refractivity contribution in [3.63, 3.8) is 0 Å². The Morgan fingerprint density at radius 2 is 0.614 bits per heavy atom. The van der Waals surface area contributed by atoms with Crippen molar-refractivity contribution in [2.24, 2.45) is 0 Å². The summed E-state index contributed by atoms with van der Waals surface area (Å²) < 4.78 is 0. The number of rotatable bonds is 10. The lowest BCUT2D eigenvalue weighted by atomic mass is 9.85. The van der Waals surface area contributed by atoms with Crippen LogP contribution in [0, 0.1) is 0 Å². The lowest BCUT2D eigenvalue weighted by Gasteiger charge is -2.32. The maximum absolute atomic E-state index is 2.54. The number of anilines is 6. The molecule has 0 aromatic heterocycles. The normalized spacial score (nSPS) is 12.1. The van der Waals surface area contributed by atoms with E-state index in [1.165, 1.54) is 86.5 Å². The van der Waals surface area contributed by atoms with Crippen molar-refractivity contribution in [3.05, 3.63) is 231 Å². The Hall–Kier alpha value is -7.77. The number of hydrogen-bond acceptors (Lipinski definition) is 2. The van der Waals surface area contributed by atoms with E-state index in [2.05, 4.69) is 280 Å². The Morgan fingerprint density at radius 3 is 1.00 bits per heavy atom. The van der Waals surface area contributed by atoms with Crippen molar-refractivity contribution in [2.75, 3.05) is 9.80 Å². The van der Waals surface area contributed by atoms with Gasteiger partial charge >= 0.3 is 0 Å². The van der Waals surface area contributed by atoms with Gasteiger partial charge in [0.25, 0.3) is 0 Å². The van der Waals surface area contributed by atoms with Crippen molar-refractivity contribution in [2.45, 2.75) is 39.3 Å². The predicted octanol–water partition coefficient (Wildman–Crippen LogP) is 18.3. The highest BCUT2D eigenvalue weighted by molar-refractivity contribution is 6.89. The van der Waals surface area contributed by atoms with Crippen molar-refractivity contribution >= 4 is 115 Å². The summed E-state index contributed by atoms with van der Waals surface area (Å²) in [5.41, 5.74) is 11.7. The summed E-state index contributed by atoms with van der Waals surface area (Å²) in [5, 5.41) is 15.2. The molecule has 0 atom stereocenters. The van der Waals surface area contributed by atoms with Gasteiger partial charge in [0.1, 0.15) is 0 Å². The fourth-order valence-electron chi connectivity index (χ4n) is 10.9. The van der Waals surface area contributed by atoms with E-state index in [0.717, 1.165) is 34.1 Å². The first kappa shape index (κ1) is 43.5. The van der Waals surface area contributed by atoms with Gasteiger partial charge in [0, 0.05) is 43.7 Å². The summed E-state index contributed by atoms with van der Waals surface area (Å²) in [5.74, 6) is 0. The van der Waals surface area contributed by atoms with Crippen molar-refractivity contribution in [1.82, 2.24) is 0 Å². The third-order valence-electron chi connectivity index (χ3n) is 14.5. The standard InChI is InChI=1S/C66H56N2Si2/c1-69(2,3)51-35-31-49(32-36-51)67(61-29-17-25-45-23-13-15-27-53(45)61)63-43-59(47-19-9-7-10-20-47)55-40-42-58-64(44-60(48-21-11-8-12-22-48)56-39-41-57(63)65(55)66(56)58)68(50-33-37-52(38-34-50)70(4,5)6)62-30-18-26-46-24-14-16-28-54(46)62/h7-44H,1-6H3. The lowest BCUT2D eigenvalue weighted by Crippen LogP contribution is -2.37. The SMILES string of the molecule is C[Si](C)(C)c1ccc(N(c2cccc3ccccc23)c2cc(-c3ccccc3)c3ccc4c(N(c5ccc([Si](C)(C)C)cc5)c5cccc6ccccc56)cc(-c5ccccc5)c5ccc2c3c54)cc1. The molecule has 0 aliphatic carbocycles. The van der Waals surface area contributed by atoms with Crippen LogP contribution < -0.4 is 20.2 Å². The molecule has 0 bridgehead atoms. The smallest absolute Gasteiger partial charge is 0.0775 e. The van der Waals surface area contributed by atoms with Crippen LogP contribution in [-0.2, 0) is 0 Å². The zero-order chi connectivity index (χ0) is 47.7. The third-order valence-corrected chi connectivity index (χ3v) is 18.6. The molecule has 0 saturated heterocycles. The highest BCUT2D eigenvalue weighted by atomic mass is 28.3. The Morgan fingerprint density at radius 1 is 0.271 bits per heavy atom. The molecular weight excluding hydrogens is 877 g/mol. The van der Waals surface area contributed by atoms with Gasteiger partial charge in [-0.25, -0.2) is 0 Å². The molecule has 12 rings (SSSR count). The number of benzene rings is 12. The van der Waals surface area contributed by atoms with Crippen molar-refractivity contribution in [3.8, 4) is 22.3 Å². The van der Waals surface area contributed by atoms with Gasteiger partial charge in [0.2, 0.25) is 0 Å². The monoisotopic (exact) mass is 932 g/mol. The predicted molar refractivity (Wildman–Crippen MR) is 311 cm³/mol. The Kier molecular flexibility index (Phi) is 10.6. The lowest BCUT2D eigenvalue weighted by molar-refractivity contribution is 1.31. The van der Waals surface area contributed by atoms with Gasteiger partial charge in [-0.15, -0.1) is 0 Å². The first-order valence-corrected chi connectivity index (χ1v) is 31.7. The van der Waals surface area contributed by atoms with Gasteiger partial charge in [0.15, 0.2) is 0 Å². The number of hydrogen-bond donors (Lipinski definition) is 0. The Bertz CT molecular complexity index is 3620. The van der Waals surface area contributed by atoms with Gasteiger partial charge in [-0.3, -0.25) is 0 Å². The Labute approximate surface area is 414 Å². The molecule has 4 heteroatoms. The fourth-order valence-corrected chi connectivity index (χ4v) is 13.2. The summed E-state index contributed by atoms with van der Waals surface area (Å²) in [7, 11) is -3.16. The van der Waals surface area contributed by atoms with Crippen LogP contribution in [0.3, 0.4) is 0 Å². The van der Waals surface area contributed by atoms with Crippen LogP contribution in [0.2, 0.25) is 39.3 Å². The van der Waals surface area contributed by atoms with Gasteiger partial charge in [-0.05, 0) is 92.3 Å². The maximum atomic E-state index is 2.54. The molecule has 0 aliphatic rings. The third kappa shape index (κ3) is 7.47. The van der Waals surface area contributed by atoms with Crippen LogP contribution in [0.5, 0.6) is 0 Å². The van der Waals surface area contributed by atoms with E-state index in [1.54, 1.807) is 0 Å². The number of nitrogens with zero attached hydrogens (tertiary/aromatic N) is 2. The molecule has 0 radical (unpaired) electrons. The van der Waals surface area contributed by atoms with Crippen LogP contribution in [0.1, 0.15) is 0 Å². The molecule has 338 valence electrons. The summed E-state index contributed by atoms with van der Waals surface area (Å²) in [6, 6.07) is 86.7. The van der Waals surface area contributed by atoms with E-state index in [4.69, 9.17) is 0 Å². The van der Waals surface area contributed by atoms with E-state index in [9.17, 15) is 0 Å². The quantitative estimate of drug-likeness (QED) is 0.0996. The molecule has 0 spiro atoms. The summed E-state index contributed by atoms with van der Waals surface area (Å²) in [6.45, 7) is 14.6. The molecule has 0 saturated carbocycles. The molecule has 0 heterocycles. The molecule has 0 unspecified atom stereocenters. The second-order valence-electron chi connectivity index (χ2n) is 21.0. The van der Waals surface area contributed by atoms with Crippen LogP contribution in [-0.4, -0.2) is 16.1 Å². The molecule has 0 N–H and O–H groups in total. The molecule has 0 aliphatic heterocycles. The van der Waals surface area contributed by atoms with E-state index in [-0.39, 0.29) is 0 Å². The van der Waals surface area contributed by atoms with E-state index < -0.39 is 16.1 Å². The second-order valence-corrected chi connectivity index (χ2v) is 31.1. The summed E-state index contributed by atoms with van der Waals surface area (Å²) >= 11 is 0. The Balaban J connectivity index is 1.24. The van der Waals surface area contributed by atoms with Crippen LogP contribution in [0.15, 0.2) is 231 Å². The molecule has 0 fully saturated rings. The second kappa shape index (κ2) is 17.0. The van der Waals surface area contributed by atoms with Crippen molar-refractivity contribution in [1.29, 1.82) is 0 Å². The van der Waals surface area contributed by atoms with Crippen LogP contribution in [0.25, 0.3) is 76.1 Å². The van der Waals surface area contributed by atoms with E-state index >= 15 is 0 Å². The first-order chi connectivity index (χ1) is 34.0. The minimum Gasteiger partial charge on any atom is -0.309 e. The minimum absolute atomic E-state index is 1.14. The highest BCUT2D eigenvalue weighted by Crippen LogP contribution is 2.53. The zero-order valence-electron chi connectivity index (χ0n) is 40.8. The topological polar surface area (TPSA) is 6.48 Å². The molecule has 0 amide bonds. The van der Waals surface area contributed by atoms with Gasteiger partial charge in [-0.1, -0.05) is 232 Å². The fraction of sp³-hybridized carbons (Fsp3) is 0.0909. The first-order valence-electron chi connectivity index (χ1n) is 24.7. The molecule has 70 heavy (non-hydrogen) atoms. The molecule has 12 aromatic rings. The number of fused-ring (bicyclic) bond motifs is 2.